The van der Waals surface area contributed by atoms with Crippen LogP contribution in [0.3, 0.4) is 0 Å². The summed E-state index contributed by atoms with van der Waals surface area (Å²) >= 11 is 1.80. The lowest BCUT2D eigenvalue weighted by Crippen LogP contribution is -2.34. The highest BCUT2D eigenvalue weighted by molar-refractivity contribution is 8.03. The van der Waals surface area contributed by atoms with Crippen molar-refractivity contribution in [1.29, 1.82) is 0 Å². The monoisotopic (exact) mass is 375 g/mol. The lowest BCUT2D eigenvalue weighted by Gasteiger charge is -2.12. The van der Waals surface area contributed by atoms with Gasteiger partial charge in [0.25, 0.3) is 0 Å². The first-order valence-electron chi connectivity index (χ1n) is 9.19. The van der Waals surface area contributed by atoms with Crippen molar-refractivity contribution in [2.75, 3.05) is 18.6 Å². The highest BCUT2D eigenvalue weighted by atomic mass is 32.2. The molecule has 0 saturated heterocycles. The number of rotatable bonds is 5. The molecular formula is C23H23N2OS+. The van der Waals surface area contributed by atoms with Gasteiger partial charge in [-0.05, 0) is 29.8 Å². The number of allylic oxidation sites excluding steroid dienone is 2. The maximum Gasteiger partial charge on any atom is 0.213 e. The number of aliphatic hydroxyl groups excluding tert-OH is 1. The van der Waals surface area contributed by atoms with Crippen LogP contribution in [0.2, 0.25) is 0 Å². The molecule has 0 bridgehead atoms. The summed E-state index contributed by atoms with van der Waals surface area (Å²) in [5.41, 5.74) is 3.66. The molecule has 0 spiro atoms. The van der Waals surface area contributed by atoms with E-state index >= 15 is 0 Å². The number of aryl methyl sites for hydroxylation is 1. The van der Waals surface area contributed by atoms with Crippen molar-refractivity contribution in [2.45, 2.75) is 17.9 Å². The first kappa shape index (κ1) is 17.8. The minimum atomic E-state index is 0.212. The Morgan fingerprint density at radius 3 is 2.74 bits per heavy atom. The van der Waals surface area contributed by atoms with Crippen molar-refractivity contribution in [1.82, 2.24) is 0 Å². The van der Waals surface area contributed by atoms with Crippen LogP contribution in [0.1, 0.15) is 12.0 Å². The molecule has 1 aliphatic rings. The quantitative estimate of drug-likeness (QED) is 0.660. The smallest absolute Gasteiger partial charge is 0.213 e. The summed E-state index contributed by atoms with van der Waals surface area (Å²) in [6.45, 7) is 1.04. The van der Waals surface area contributed by atoms with E-state index in [1.165, 1.54) is 32.1 Å². The van der Waals surface area contributed by atoms with Gasteiger partial charge < -0.3 is 10.0 Å². The Bertz CT molecular complexity index is 1030. The number of anilines is 1. The lowest BCUT2D eigenvalue weighted by atomic mass is 10.1. The molecule has 3 aromatic rings. The minimum Gasteiger partial charge on any atom is -0.396 e. The van der Waals surface area contributed by atoms with Gasteiger partial charge in [-0.3, -0.25) is 0 Å². The number of hydrogen-bond acceptors (Lipinski definition) is 3. The predicted molar refractivity (Wildman–Crippen MR) is 114 cm³/mol. The van der Waals surface area contributed by atoms with E-state index in [-0.39, 0.29) is 6.61 Å². The van der Waals surface area contributed by atoms with Gasteiger partial charge in [0.1, 0.15) is 0 Å². The van der Waals surface area contributed by atoms with E-state index in [4.69, 9.17) is 5.11 Å². The average Bonchev–Trinajstić information content (AvgIpc) is 3.03. The molecule has 0 amide bonds. The second-order valence-corrected chi connectivity index (χ2v) is 7.61. The number of nitrogens with zero attached hydrogens (tertiary/aromatic N) is 2. The standard InChI is InChI=1S/C23H23N2OS/c1-24-21-11-4-5-12-22(21)27-23(24)13-6-8-18-14-16-25(15-7-17-26)20-10-3-2-9-19(18)20/h2-6,8-14,16,26H,7,15,17H2,1H3/q+1. The fourth-order valence-electron chi connectivity index (χ4n) is 3.39. The van der Waals surface area contributed by atoms with E-state index in [0.29, 0.717) is 0 Å². The maximum absolute atomic E-state index is 9.12. The van der Waals surface area contributed by atoms with Gasteiger partial charge in [-0.25, -0.2) is 0 Å². The topological polar surface area (TPSA) is 27.4 Å². The molecule has 0 saturated carbocycles. The molecule has 2 heterocycles. The van der Waals surface area contributed by atoms with E-state index in [2.05, 4.69) is 95.5 Å². The number of aromatic nitrogens is 1. The third kappa shape index (κ3) is 3.64. The molecule has 2 aromatic carbocycles. The second-order valence-electron chi connectivity index (χ2n) is 6.55. The van der Waals surface area contributed by atoms with Crippen LogP contribution in [0.5, 0.6) is 0 Å². The predicted octanol–water partition coefficient (Wildman–Crippen LogP) is 4.61. The van der Waals surface area contributed by atoms with Crippen LogP contribution in [-0.2, 0) is 6.54 Å². The van der Waals surface area contributed by atoms with E-state index in [1.54, 1.807) is 11.8 Å². The summed E-state index contributed by atoms with van der Waals surface area (Å²) < 4.78 is 2.21. The number of benzene rings is 2. The van der Waals surface area contributed by atoms with Crippen LogP contribution in [0, 0.1) is 0 Å². The third-order valence-electron chi connectivity index (χ3n) is 4.80. The number of fused-ring (bicyclic) bond motifs is 2. The molecule has 4 heteroatoms. The number of thioether (sulfide) groups is 1. The summed E-state index contributed by atoms with van der Waals surface area (Å²) in [7, 11) is 2.11. The van der Waals surface area contributed by atoms with E-state index in [1.807, 2.05) is 0 Å². The molecule has 0 aliphatic carbocycles. The van der Waals surface area contributed by atoms with Crippen LogP contribution >= 0.6 is 11.8 Å². The molecule has 0 fully saturated rings. The molecule has 0 radical (unpaired) electrons. The first-order chi connectivity index (χ1) is 13.3. The Balaban J connectivity index is 1.61. The van der Waals surface area contributed by atoms with Crippen molar-refractivity contribution in [3.05, 3.63) is 83.5 Å². The third-order valence-corrected chi connectivity index (χ3v) is 5.99. The second kappa shape index (κ2) is 7.99. The van der Waals surface area contributed by atoms with Crippen molar-refractivity contribution in [3.63, 3.8) is 0 Å². The van der Waals surface area contributed by atoms with Crippen molar-refractivity contribution in [2.24, 2.45) is 0 Å². The van der Waals surface area contributed by atoms with Crippen LogP contribution < -0.4 is 9.47 Å². The molecule has 4 rings (SSSR count). The van der Waals surface area contributed by atoms with E-state index < -0.39 is 0 Å². The Kier molecular flexibility index (Phi) is 5.28. The number of aliphatic hydroxyl groups is 1. The highest BCUT2D eigenvalue weighted by Gasteiger charge is 2.20. The molecule has 27 heavy (non-hydrogen) atoms. The van der Waals surface area contributed by atoms with Crippen molar-refractivity contribution >= 4 is 34.4 Å². The average molecular weight is 376 g/mol. The van der Waals surface area contributed by atoms with Gasteiger partial charge in [0.05, 0.1) is 16.1 Å². The Morgan fingerprint density at radius 2 is 1.89 bits per heavy atom. The summed E-state index contributed by atoms with van der Waals surface area (Å²) in [5, 5.41) is 11.6. The fraction of sp³-hybridized carbons (Fsp3) is 0.174. The van der Waals surface area contributed by atoms with Crippen molar-refractivity contribution in [3.8, 4) is 0 Å². The van der Waals surface area contributed by atoms with Crippen LogP contribution in [0.4, 0.5) is 5.69 Å². The van der Waals surface area contributed by atoms with E-state index in [0.717, 1.165) is 13.0 Å². The van der Waals surface area contributed by atoms with Gasteiger partial charge in [0.15, 0.2) is 12.7 Å². The minimum absolute atomic E-state index is 0.212. The number of hydrogen-bond donors (Lipinski definition) is 1. The molecule has 136 valence electrons. The van der Waals surface area contributed by atoms with Gasteiger partial charge >= 0.3 is 0 Å². The fourth-order valence-corrected chi connectivity index (χ4v) is 4.45. The van der Waals surface area contributed by atoms with Crippen LogP contribution in [0.25, 0.3) is 17.0 Å². The van der Waals surface area contributed by atoms with Crippen LogP contribution in [0.15, 0.2) is 82.9 Å². The molecule has 1 aliphatic heterocycles. The van der Waals surface area contributed by atoms with Gasteiger partial charge in [-0.1, -0.05) is 48.2 Å². The molecular weight excluding hydrogens is 352 g/mol. The normalized spacial score (nSPS) is 15.2. The zero-order valence-corrected chi connectivity index (χ0v) is 16.2. The Labute approximate surface area is 164 Å². The summed E-state index contributed by atoms with van der Waals surface area (Å²) in [6, 6.07) is 19.1. The SMILES string of the molecule is CN1/C(=C\C=C\c2cc[n+](CCCO)c3ccccc23)Sc2ccccc21. The molecule has 1 aromatic heterocycles. The van der Waals surface area contributed by atoms with E-state index in [9.17, 15) is 0 Å². The van der Waals surface area contributed by atoms with Crippen LogP contribution in [-0.4, -0.2) is 18.8 Å². The Hall–Kier alpha value is -2.56. The molecule has 1 N–H and O–H groups in total. The zero-order chi connectivity index (χ0) is 18.6. The largest absolute Gasteiger partial charge is 0.396 e. The molecule has 0 atom stereocenters. The zero-order valence-electron chi connectivity index (χ0n) is 15.4. The van der Waals surface area contributed by atoms with Gasteiger partial charge in [0, 0.05) is 37.1 Å². The van der Waals surface area contributed by atoms with Crippen molar-refractivity contribution < 1.29 is 9.67 Å². The van der Waals surface area contributed by atoms with Gasteiger partial charge in [0.2, 0.25) is 5.52 Å². The van der Waals surface area contributed by atoms with Gasteiger partial charge in [-0.2, -0.15) is 4.57 Å². The summed E-state index contributed by atoms with van der Waals surface area (Å²) in [6.07, 6.45) is 9.34. The first-order valence-corrected chi connectivity index (χ1v) is 10.0. The van der Waals surface area contributed by atoms with Gasteiger partial charge in [-0.15, -0.1) is 0 Å². The maximum atomic E-state index is 9.12. The summed E-state index contributed by atoms with van der Waals surface area (Å²) in [5.74, 6) is 0. The number of pyridine rings is 1. The summed E-state index contributed by atoms with van der Waals surface area (Å²) in [4.78, 5) is 3.53. The Morgan fingerprint density at radius 1 is 1.07 bits per heavy atom. The lowest BCUT2D eigenvalue weighted by molar-refractivity contribution is -0.672. The highest BCUT2D eigenvalue weighted by Crippen LogP contribution is 2.44. The molecule has 0 unspecified atom stereocenters. The number of para-hydroxylation sites is 2. The molecule has 3 nitrogen and oxygen atoms in total.